The van der Waals surface area contributed by atoms with E-state index in [2.05, 4.69) is 6.07 Å². The molecule has 1 atom stereocenters. The molecule has 1 fully saturated rings. The van der Waals surface area contributed by atoms with Gasteiger partial charge < -0.3 is 14.7 Å². The Balaban J connectivity index is 1.37. The van der Waals surface area contributed by atoms with E-state index < -0.39 is 5.97 Å². The van der Waals surface area contributed by atoms with Gasteiger partial charge in [-0.15, -0.1) is 11.3 Å². The first-order chi connectivity index (χ1) is 13.6. The fourth-order valence-electron chi connectivity index (χ4n) is 3.40. The normalized spacial score (nSPS) is 16.9. The Morgan fingerprint density at radius 2 is 2.07 bits per heavy atom. The molecule has 0 saturated carbocycles. The first kappa shape index (κ1) is 18.4. The number of phenols is 1. The van der Waals surface area contributed by atoms with Gasteiger partial charge in [0.25, 0.3) is 5.91 Å². The summed E-state index contributed by atoms with van der Waals surface area (Å²) in [6.07, 6.45) is 1.89. The number of phenolic OH excluding ortho intramolecular Hbond substituents is 1. The molecule has 0 aliphatic carbocycles. The number of aromatic hydroxyl groups is 1. The summed E-state index contributed by atoms with van der Waals surface area (Å²) in [5, 5.41) is 10.5. The lowest BCUT2D eigenvalue weighted by molar-refractivity contribution is -0.135. The average molecular weight is 396 g/mol. The number of aromatic nitrogens is 1. The third kappa shape index (κ3) is 3.99. The van der Waals surface area contributed by atoms with Crippen molar-refractivity contribution in [1.29, 1.82) is 0 Å². The number of carbonyl (C=O) groups excluding carboxylic acids is 2. The van der Waals surface area contributed by atoms with Crippen LogP contribution in [0, 0.1) is 0 Å². The van der Waals surface area contributed by atoms with E-state index in [4.69, 9.17) is 9.72 Å². The van der Waals surface area contributed by atoms with Crippen molar-refractivity contribution in [2.24, 2.45) is 0 Å². The minimum Gasteiger partial charge on any atom is -0.508 e. The number of piperidine rings is 1. The van der Waals surface area contributed by atoms with Crippen LogP contribution in [0.2, 0.25) is 0 Å². The zero-order valence-electron chi connectivity index (χ0n) is 15.2. The number of hydrogen-bond acceptors (Lipinski definition) is 6. The number of likely N-dealkylation sites (tertiary alicyclic amines) is 1. The van der Waals surface area contributed by atoms with Crippen LogP contribution in [-0.4, -0.2) is 46.6 Å². The molecule has 2 aromatic carbocycles. The summed E-state index contributed by atoms with van der Waals surface area (Å²) >= 11 is 1.68. The zero-order chi connectivity index (χ0) is 19.5. The van der Waals surface area contributed by atoms with E-state index in [9.17, 15) is 14.7 Å². The van der Waals surface area contributed by atoms with Crippen LogP contribution in [0.15, 0.2) is 48.5 Å². The van der Waals surface area contributed by atoms with Crippen LogP contribution in [0.3, 0.4) is 0 Å². The van der Waals surface area contributed by atoms with E-state index in [0.717, 1.165) is 28.1 Å². The number of thiazole rings is 1. The number of benzene rings is 2. The van der Waals surface area contributed by atoms with Crippen molar-refractivity contribution in [1.82, 2.24) is 9.88 Å². The van der Waals surface area contributed by atoms with Crippen LogP contribution < -0.4 is 0 Å². The molecule has 1 amide bonds. The highest BCUT2D eigenvalue weighted by atomic mass is 32.1. The number of nitrogens with zero attached hydrogens (tertiary/aromatic N) is 2. The molecular formula is C21H20N2O4S. The largest absolute Gasteiger partial charge is 0.508 e. The highest BCUT2D eigenvalue weighted by molar-refractivity contribution is 7.18. The molecule has 1 aliphatic rings. The quantitative estimate of drug-likeness (QED) is 0.682. The Kier molecular flexibility index (Phi) is 5.25. The minimum atomic E-state index is -0.621. The third-order valence-corrected chi connectivity index (χ3v) is 6.04. The fraction of sp³-hybridized carbons (Fsp3) is 0.286. The molecule has 4 rings (SSSR count). The number of fused-ring (bicyclic) bond motifs is 1. The van der Waals surface area contributed by atoms with Crippen LogP contribution in [0.25, 0.3) is 10.2 Å². The standard InChI is InChI=1S/C21H20N2O4S/c24-16-7-3-5-14(11-16)21(26)27-13-19(25)23-10-4-6-15(12-23)20-22-17-8-1-2-9-18(17)28-20/h1-3,5,7-9,11,15,24H,4,6,10,12-13H2/t15-/m1/s1. The average Bonchev–Trinajstić information content (AvgIpc) is 3.16. The van der Waals surface area contributed by atoms with Gasteiger partial charge in [0.05, 0.1) is 20.8 Å². The van der Waals surface area contributed by atoms with Gasteiger partial charge in [-0.1, -0.05) is 18.2 Å². The smallest absolute Gasteiger partial charge is 0.338 e. The SMILES string of the molecule is O=C(OCC(=O)N1CCC[C@@H](c2nc3ccccc3s2)C1)c1cccc(O)c1. The Bertz CT molecular complexity index is 983. The molecule has 3 aromatic rings. The van der Waals surface area contributed by atoms with Crippen molar-refractivity contribution in [3.8, 4) is 5.75 Å². The maximum Gasteiger partial charge on any atom is 0.338 e. The van der Waals surface area contributed by atoms with E-state index in [1.807, 2.05) is 18.2 Å². The lowest BCUT2D eigenvalue weighted by Crippen LogP contribution is -2.41. The molecule has 7 heteroatoms. The molecule has 0 spiro atoms. The van der Waals surface area contributed by atoms with Crippen molar-refractivity contribution in [3.05, 3.63) is 59.1 Å². The molecule has 1 aliphatic heterocycles. The van der Waals surface area contributed by atoms with Crippen LogP contribution in [0.4, 0.5) is 0 Å². The molecule has 0 unspecified atom stereocenters. The van der Waals surface area contributed by atoms with Gasteiger partial charge >= 0.3 is 5.97 Å². The van der Waals surface area contributed by atoms with Crippen molar-refractivity contribution < 1.29 is 19.4 Å². The van der Waals surface area contributed by atoms with E-state index in [-0.39, 0.29) is 29.7 Å². The van der Waals surface area contributed by atoms with Crippen LogP contribution in [-0.2, 0) is 9.53 Å². The van der Waals surface area contributed by atoms with Gasteiger partial charge in [-0.3, -0.25) is 4.79 Å². The molecule has 28 heavy (non-hydrogen) atoms. The summed E-state index contributed by atoms with van der Waals surface area (Å²) in [6.45, 7) is 0.938. The van der Waals surface area contributed by atoms with Crippen molar-refractivity contribution in [2.75, 3.05) is 19.7 Å². The topological polar surface area (TPSA) is 79.7 Å². The maximum atomic E-state index is 12.5. The van der Waals surface area contributed by atoms with Crippen molar-refractivity contribution in [3.63, 3.8) is 0 Å². The first-order valence-corrected chi connectivity index (χ1v) is 10.0. The maximum absolute atomic E-state index is 12.5. The van der Waals surface area contributed by atoms with Crippen molar-refractivity contribution >= 4 is 33.4 Å². The highest BCUT2D eigenvalue weighted by Crippen LogP contribution is 2.32. The van der Waals surface area contributed by atoms with Gasteiger partial charge in [-0.05, 0) is 43.2 Å². The number of esters is 1. The predicted octanol–water partition coefficient (Wildman–Crippen LogP) is 3.56. The van der Waals surface area contributed by atoms with Gasteiger partial charge in [0.2, 0.25) is 0 Å². The summed E-state index contributed by atoms with van der Waals surface area (Å²) in [7, 11) is 0. The Morgan fingerprint density at radius 1 is 1.21 bits per heavy atom. The third-order valence-electron chi connectivity index (χ3n) is 4.84. The first-order valence-electron chi connectivity index (χ1n) is 9.19. The highest BCUT2D eigenvalue weighted by Gasteiger charge is 2.27. The second-order valence-corrected chi connectivity index (χ2v) is 7.89. The molecule has 144 valence electrons. The zero-order valence-corrected chi connectivity index (χ0v) is 16.0. The summed E-state index contributed by atoms with van der Waals surface area (Å²) in [6, 6.07) is 13.9. The monoisotopic (exact) mass is 396 g/mol. The minimum absolute atomic E-state index is 0.0181. The molecule has 1 aromatic heterocycles. The number of para-hydroxylation sites is 1. The Morgan fingerprint density at radius 3 is 2.89 bits per heavy atom. The molecule has 0 radical (unpaired) electrons. The Hall–Kier alpha value is -2.93. The van der Waals surface area contributed by atoms with Crippen LogP contribution >= 0.6 is 11.3 Å². The van der Waals surface area contributed by atoms with Gasteiger partial charge in [-0.25, -0.2) is 9.78 Å². The van der Waals surface area contributed by atoms with Crippen LogP contribution in [0.1, 0.15) is 34.1 Å². The second-order valence-electron chi connectivity index (χ2n) is 6.83. The van der Waals surface area contributed by atoms with Gasteiger partial charge in [0.1, 0.15) is 5.75 Å². The summed E-state index contributed by atoms with van der Waals surface area (Å²) in [5.41, 5.74) is 1.21. The summed E-state index contributed by atoms with van der Waals surface area (Å²) in [4.78, 5) is 31.1. The Labute approximate surface area is 166 Å². The van der Waals surface area contributed by atoms with Crippen molar-refractivity contribution in [2.45, 2.75) is 18.8 Å². The molecule has 0 bridgehead atoms. The second kappa shape index (κ2) is 7.98. The summed E-state index contributed by atoms with van der Waals surface area (Å²) in [5.74, 6) is -0.643. The lowest BCUT2D eigenvalue weighted by atomic mass is 9.99. The fourth-order valence-corrected chi connectivity index (χ4v) is 4.50. The molecular weight excluding hydrogens is 376 g/mol. The number of ether oxygens (including phenoxy) is 1. The van der Waals surface area contributed by atoms with Gasteiger partial charge in [0, 0.05) is 19.0 Å². The van der Waals surface area contributed by atoms with E-state index in [1.165, 1.54) is 18.2 Å². The number of amides is 1. The molecule has 2 heterocycles. The van der Waals surface area contributed by atoms with E-state index in [1.54, 1.807) is 22.3 Å². The molecule has 6 nitrogen and oxygen atoms in total. The van der Waals surface area contributed by atoms with E-state index >= 15 is 0 Å². The van der Waals surface area contributed by atoms with Crippen LogP contribution in [0.5, 0.6) is 5.75 Å². The summed E-state index contributed by atoms with van der Waals surface area (Å²) < 4.78 is 6.29. The number of carbonyl (C=O) groups is 2. The number of rotatable bonds is 4. The van der Waals surface area contributed by atoms with Gasteiger partial charge in [0.15, 0.2) is 6.61 Å². The predicted molar refractivity (Wildman–Crippen MR) is 107 cm³/mol. The number of hydrogen-bond donors (Lipinski definition) is 1. The van der Waals surface area contributed by atoms with Gasteiger partial charge in [-0.2, -0.15) is 0 Å². The lowest BCUT2D eigenvalue weighted by Gasteiger charge is -2.31. The molecule has 1 N–H and O–H groups in total. The van der Waals surface area contributed by atoms with E-state index in [0.29, 0.717) is 13.1 Å². The molecule has 1 saturated heterocycles.